The first-order chi connectivity index (χ1) is 9.14. The topological polar surface area (TPSA) is 20.2 Å². The molecule has 0 amide bonds. The van der Waals surface area contributed by atoms with Gasteiger partial charge in [0.05, 0.1) is 6.10 Å². The fourth-order valence-corrected chi connectivity index (χ4v) is 0.666. The summed E-state index contributed by atoms with van der Waals surface area (Å²) in [5.41, 5.74) is 0. The molecular weight excluding hydrogens is 252 g/mol. The molecule has 1 unspecified atom stereocenters. The summed E-state index contributed by atoms with van der Waals surface area (Å²) in [4.78, 5) is 0. The molecule has 1 rings (SSSR count). The van der Waals surface area contributed by atoms with E-state index in [0.29, 0.717) is 12.2 Å². The molecule has 0 radical (unpaired) electrons. The summed E-state index contributed by atoms with van der Waals surface area (Å²) in [5.74, 6) is 0.520. The molecule has 0 aliphatic heterocycles. The minimum atomic E-state index is -0.305. The molecule has 0 saturated heterocycles. The van der Waals surface area contributed by atoms with Crippen LogP contribution >= 0.6 is 12.6 Å². The predicted molar refractivity (Wildman–Crippen MR) is 94.2 cm³/mol. The fraction of sp³-hybridized carbons (Fsp3) is 0.765. The number of allylic oxidation sites excluding steroid dienone is 1. The first-order valence-corrected chi connectivity index (χ1v) is 8.28. The molecule has 0 aromatic heterocycles. The third-order valence-electron chi connectivity index (χ3n) is 2.44. The zero-order chi connectivity index (χ0) is 15.4. The Balaban J connectivity index is -0.000000187. The van der Waals surface area contributed by atoms with Crippen molar-refractivity contribution in [3.05, 3.63) is 25.3 Å². The Labute approximate surface area is 127 Å². The van der Waals surface area contributed by atoms with E-state index in [1.54, 1.807) is 6.08 Å². The van der Waals surface area contributed by atoms with Crippen molar-refractivity contribution in [3.8, 4) is 0 Å². The van der Waals surface area contributed by atoms with Gasteiger partial charge in [-0.1, -0.05) is 71.4 Å². The monoisotopic (exact) mass is 288 g/mol. The highest BCUT2D eigenvalue weighted by atomic mass is 32.1. The van der Waals surface area contributed by atoms with Gasteiger partial charge in [-0.15, -0.1) is 13.2 Å². The van der Waals surface area contributed by atoms with E-state index in [1.165, 1.54) is 38.5 Å². The normalized spacial score (nSPS) is 12.9. The second-order valence-electron chi connectivity index (χ2n) is 4.47. The largest absolute Gasteiger partial charge is 0.392 e. The SMILES string of the molecule is C1CCC1.C=CCC.C=CCC(O)CS.CCCC. The zero-order valence-corrected chi connectivity index (χ0v) is 14.3. The van der Waals surface area contributed by atoms with Gasteiger partial charge in [-0.25, -0.2) is 0 Å². The Bertz CT molecular complexity index is 147. The molecule has 0 bridgehead atoms. The quantitative estimate of drug-likeness (QED) is 0.483. The number of unbranched alkanes of at least 4 members (excludes halogenated alkanes) is 1. The van der Waals surface area contributed by atoms with E-state index < -0.39 is 0 Å². The van der Waals surface area contributed by atoms with E-state index >= 15 is 0 Å². The molecule has 2 heteroatoms. The average molecular weight is 289 g/mol. The van der Waals surface area contributed by atoms with Gasteiger partial charge in [0.2, 0.25) is 0 Å². The first-order valence-electron chi connectivity index (χ1n) is 7.65. The van der Waals surface area contributed by atoms with E-state index in [0.717, 1.165) is 6.42 Å². The Morgan fingerprint density at radius 2 is 1.37 bits per heavy atom. The molecule has 1 nitrogen and oxygen atoms in total. The summed E-state index contributed by atoms with van der Waals surface area (Å²) in [6.45, 7) is 13.4. The van der Waals surface area contributed by atoms with Gasteiger partial charge < -0.3 is 5.11 Å². The number of aliphatic hydroxyl groups excluding tert-OH is 1. The maximum absolute atomic E-state index is 8.71. The van der Waals surface area contributed by atoms with Crippen LogP contribution in [0.2, 0.25) is 0 Å². The van der Waals surface area contributed by atoms with Gasteiger partial charge in [-0.3, -0.25) is 0 Å². The van der Waals surface area contributed by atoms with Crippen molar-refractivity contribution in [2.24, 2.45) is 0 Å². The molecule has 1 saturated carbocycles. The van der Waals surface area contributed by atoms with Gasteiger partial charge in [0.25, 0.3) is 0 Å². The highest BCUT2D eigenvalue weighted by Gasteiger charge is 1.95. The lowest BCUT2D eigenvalue weighted by Crippen LogP contribution is -2.05. The second kappa shape index (κ2) is 26.4. The summed E-state index contributed by atoms with van der Waals surface area (Å²) >= 11 is 3.85. The van der Waals surface area contributed by atoms with Crippen molar-refractivity contribution in [2.75, 3.05) is 5.75 Å². The van der Waals surface area contributed by atoms with Gasteiger partial charge in [0, 0.05) is 5.75 Å². The van der Waals surface area contributed by atoms with Crippen molar-refractivity contribution in [3.63, 3.8) is 0 Å². The summed E-state index contributed by atoms with van der Waals surface area (Å²) in [6, 6.07) is 0. The van der Waals surface area contributed by atoms with Crippen molar-refractivity contribution in [2.45, 2.75) is 78.2 Å². The van der Waals surface area contributed by atoms with Crippen molar-refractivity contribution in [1.82, 2.24) is 0 Å². The van der Waals surface area contributed by atoms with Crippen LogP contribution in [0.15, 0.2) is 25.3 Å². The number of thiol groups is 1. The molecule has 0 spiro atoms. The second-order valence-corrected chi connectivity index (χ2v) is 4.84. The molecule has 0 aromatic rings. The van der Waals surface area contributed by atoms with Crippen LogP contribution in [0.5, 0.6) is 0 Å². The van der Waals surface area contributed by atoms with Crippen LogP contribution in [-0.4, -0.2) is 17.0 Å². The lowest BCUT2D eigenvalue weighted by atomic mass is 10.0. The number of rotatable bonds is 5. The Hall–Kier alpha value is -0.210. The standard InChI is InChI=1S/C5H10OS.C4H8.C4H10.C4H8/c1-2-3-5(6)4-7;1-2-4-3-1;2*1-3-4-2/h2,5-7H,1,3-4H2;1-4H2;3-4H2,1-2H3;3H,1,4H2,2H3. The minimum Gasteiger partial charge on any atom is -0.392 e. The lowest BCUT2D eigenvalue weighted by Gasteiger charge is -2.05. The molecular formula is C17H36OS. The molecule has 1 aliphatic carbocycles. The smallest absolute Gasteiger partial charge is 0.0662 e. The van der Waals surface area contributed by atoms with Crippen LogP contribution in [0.4, 0.5) is 0 Å². The minimum absolute atomic E-state index is 0.305. The Morgan fingerprint density at radius 3 is 1.42 bits per heavy atom. The molecule has 116 valence electrons. The third kappa shape index (κ3) is 38.1. The van der Waals surface area contributed by atoms with Crippen LogP contribution in [0.1, 0.15) is 72.1 Å². The summed E-state index contributed by atoms with van der Waals surface area (Å²) in [5, 5.41) is 8.71. The van der Waals surface area contributed by atoms with Gasteiger partial charge in [-0.2, -0.15) is 12.6 Å². The van der Waals surface area contributed by atoms with Gasteiger partial charge in [0.15, 0.2) is 0 Å². The van der Waals surface area contributed by atoms with E-state index in [-0.39, 0.29) is 6.10 Å². The predicted octanol–water partition coefficient (Wildman–Crippen LogP) is 5.80. The molecule has 0 aromatic carbocycles. The van der Waals surface area contributed by atoms with Crippen LogP contribution in [-0.2, 0) is 0 Å². The Kier molecular flexibility index (Phi) is 33.1. The maximum atomic E-state index is 8.71. The highest BCUT2D eigenvalue weighted by Crippen LogP contribution is 2.15. The van der Waals surface area contributed by atoms with Crippen molar-refractivity contribution in [1.29, 1.82) is 0 Å². The van der Waals surface area contributed by atoms with Crippen LogP contribution in [0.25, 0.3) is 0 Å². The number of aliphatic hydroxyl groups is 1. The van der Waals surface area contributed by atoms with Crippen LogP contribution in [0, 0.1) is 0 Å². The molecule has 1 aliphatic rings. The Morgan fingerprint density at radius 1 is 1.00 bits per heavy atom. The molecule has 1 atom stereocenters. The fourth-order valence-electron chi connectivity index (χ4n) is 0.517. The van der Waals surface area contributed by atoms with E-state index in [1.807, 2.05) is 6.08 Å². The zero-order valence-electron chi connectivity index (χ0n) is 13.4. The average Bonchev–Trinajstić information content (AvgIpc) is 2.37. The van der Waals surface area contributed by atoms with Gasteiger partial charge >= 0.3 is 0 Å². The molecule has 19 heavy (non-hydrogen) atoms. The maximum Gasteiger partial charge on any atom is 0.0662 e. The lowest BCUT2D eigenvalue weighted by molar-refractivity contribution is 0.203. The molecule has 1 N–H and O–H groups in total. The van der Waals surface area contributed by atoms with Crippen LogP contribution < -0.4 is 0 Å². The van der Waals surface area contributed by atoms with Crippen LogP contribution in [0.3, 0.4) is 0 Å². The number of hydrogen-bond donors (Lipinski definition) is 2. The van der Waals surface area contributed by atoms with Gasteiger partial charge in [0.1, 0.15) is 0 Å². The molecule has 0 heterocycles. The molecule has 1 fully saturated rings. The van der Waals surface area contributed by atoms with Crippen molar-refractivity contribution < 1.29 is 5.11 Å². The highest BCUT2D eigenvalue weighted by molar-refractivity contribution is 7.80. The van der Waals surface area contributed by atoms with E-state index in [2.05, 4.69) is 46.6 Å². The van der Waals surface area contributed by atoms with Gasteiger partial charge in [-0.05, 0) is 12.8 Å². The third-order valence-corrected chi connectivity index (χ3v) is 2.86. The summed E-state index contributed by atoms with van der Waals surface area (Å²) in [6.07, 6.45) is 13.6. The summed E-state index contributed by atoms with van der Waals surface area (Å²) in [7, 11) is 0. The summed E-state index contributed by atoms with van der Waals surface area (Å²) < 4.78 is 0. The first kappa shape index (κ1) is 23.9. The van der Waals surface area contributed by atoms with E-state index in [9.17, 15) is 0 Å². The van der Waals surface area contributed by atoms with E-state index in [4.69, 9.17) is 5.11 Å². The van der Waals surface area contributed by atoms with Crippen molar-refractivity contribution >= 4 is 12.6 Å². The number of hydrogen-bond acceptors (Lipinski definition) is 2.